The average Bonchev–Trinajstić information content (AvgIpc) is 2.52. The fourth-order valence-electron chi connectivity index (χ4n) is 0.899. The largest absolute Gasteiger partial charge is 0.445 e. The molecule has 0 fully saturated rings. The number of halogens is 3. The second kappa shape index (κ2) is 4.75. The molecule has 0 amide bonds. The summed E-state index contributed by atoms with van der Waals surface area (Å²) in [5.74, 6) is 0. The van der Waals surface area contributed by atoms with E-state index in [2.05, 4.69) is 15.5 Å². The standard InChI is InChI=1S/C7H10F3N3OS/c1-4(3-14-2)11-6-13-12-5(15-6)7(8,9)10/h4H,3H2,1-2H3,(H,11,13). The van der Waals surface area contributed by atoms with Gasteiger partial charge in [-0.2, -0.15) is 13.2 Å². The van der Waals surface area contributed by atoms with Crippen LogP contribution in [0.2, 0.25) is 0 Å². The summed E-state index contributed by atoms with van der Waals surface area (Å²) in [6.45, 7) is 2.17. The molecule has 8 heteroatoms. The van der Waals surface area contributed by atoms with Crippen molar-refractivity contribution in [3.8, 4) is 0 Å². The number of anilines is 1. The van der Waals surface area contributed by atoms with Gasteiger partial charge in [-0.3, -0.25) is 0 Å². The highest BCUT2D eigenvalue weighted by Crippen LogP contribution is 2.33. The first-order valence-electron chi connectivity index (χ1n) is 4.09. The van der Waals surface area contributed by atoms with Gasteiger partial charge in [-0.05, 0) is 6.92 Å². The maximum atomic E-state index is 12.1. The van der Waals surface area contributed by atoms with E-state index in [0.717, 1.165) is 0 Å². The third-order valence-corrected chi connectivity index (χ3v) is 2.35. The van der Waals surface area contributed by atoms with Gasteiger partial charge in [-0.25, -0.2) is 0 Å². The van der Waals surface area contributed by atoms with E-state index in [1.165, 1.54) is 7.11 Å². The summed E-state index contributed by atoms with van der Waals surface area (Å²) in [5.41, 5.74) is 0. The van der Waals surface area contributed by atoms with E-state index in [4.69, 9.17) is 4.74 Å². The lowest BCUT2D eigenvalue weighted by Crippen LogP contribution is -2.20. The molecule has 0 aliphatic carbocycles. The second-order valence-electron chi connectivity index (χ2n) is 2.91. The zero-order valence-corrected chi connectivity index (χ0v) is 8.95. The number of hydrogen-bond acceptors (Lipinski definition) is 5. The fourth-order valence-corrected chi connectivity index (χ4v) is 1.62. The molecule has 1 heterocycles. The average molecular weight is 241 g/mol. The van der Waals surface area contributed by atoms with Crippen LogP contribution in [0.4, 0.5) is 18.3 Å². The van der Waals surface area contributed by atoms with Crippen LogP contribution in [0.5, 0.6) is 0 Å². The topological polar surface area (TPSA) is 47.0 Å². The molecule has 86 valence electrons. The van der Waals surface area contributed by atoms with Crippen molar-refractivity contribution in [2.75, 3.05) is 19.0 Å². The van der Waals surface area contributed by atoms with Gasteiger partial charge in [-0.15, -0.1) is 10.2 Å². The molecule has 1 atom stereocenters. The van der Waals surface area contributed by atoms with Gasteiger partial charge < -0.3 is 10.1 Å². The van der Waals surface area contributed by atoms with Gasteiger partial charge in [0.05, 0.1) is 6.61 Å². The van der Waals surface area contributed by atoms with E-state index in [1.54, 1.807) is 6.92 Å². The van der Waals surface area contributed by atoms with E-state index in [0.29, 0.717) is 17.9 Å². The van der Waals surface area contributed by atoms with Crippen LogP contribution >= 0.6 is 11.3 Å². The summed E-state index contributed by atoms with van der Waals surface area (Å²) >= 11 is 0.480. The zero-order valence-electron chi connectivity index (χ0n) is 8.13. The van der Waals surface area contributed by atoms with Crippen molar-refractivity contribution < 1.29 is 17.9 Å². The molecular formula is C7H10F3N3OS. The molecule has 4 nitrogen and oxygen atoms in total. The Hall–Kier alpha value is -0.890. The van der Waals surface area contributed by atoms with Crippen LogP contribution in [0.1, 0.15) is 11.9 Å². The van der Waals surface area contributed by atoms with Crippen LogP contribution < -0.4 is 5.32 Å². The highest BCUT2D eigenvalue weighted by atomic mass is 32.1. The van der Waals surface area contributed by atoms with E-state index in [1.807, 2.05) is 0 Å². The number of methoxy groups -OCH3 is 1. The molecular weight excluding hydrogens is 231 g/mol. The minimum atomic E-state index is -4.43. The number of rotatable bonds is 4. The maximum Gasteiger partial charge on any atom is 0.445 e. The van der Waals surface area contributed by atoms with Gasteiger partial charge in [0.15, 0.2) is 0 Å². The highest BCUT2D eigenvalue weighted by Gasteiger charge is 2.35. The van der Waals surface area contributed by atoms with Crippen molar-refractivity contribution in [1.29, 1.82) is 0 Å². The Bertz CT molecular complexity index is 315. The predicted molar refractivity (Wildman–Crippen MR) is 49.9 cm³/mol. The molecule has 0 aliphatic heterocycles. The van der Waals surface area contributed by atoms with E-state index in [-0.39, 0.29) is 11.2 Å². The summed E-state index contributed by atoms with van der Waals surface area (Å²) < 4.78 is 41.2. The second-order valence-corrected chi connectivity index (χ2v) is 3.89. The van der Waals surface area contributed by atoms with Gasteiger partial charge in [0, 0.05) is 13.2 Å². The number of nitrogens with one attached hydrogen (secondary N) is 1. The third-order valence-electron chi connectivity index (χ3n) is 1.45. The molecule has 1 aromatic rings. The fraction of sp³-hybridized carbons (Fsp3) is 0.714. The lowest BCUT2D eigenvalue weighted by molar-refractivity contribution is -0.138. The predicted octanol–water partition coefficient (Wildman–Crippen LogP) is 2.00. The minimum Gasteiger partial charge on any atom is -0.383 e. The molecule has 15 heavy (non-hydrogen) atoms. The molecule has 0 spiro atoms. The smallest absolute Gasteiger partial charge is 0.383 e. The quantitative estimate of drug-likeness (QED) is 0.875. The monoisotopic (exact) mass is 241 g/mol. The van der Waals surface area contributed by atoms with E-state index in [9.17, 15) is 13.2 Å². The maximum absolute atomic E-state index is 12.1. The molecule has 0 aromatic carbocycles. The van der Waals surface area contributed by atoms with Crippen LogP contribution in [0.15, 0.2) is 0 Å². The molecule has 1 N–H and O–H groups in total. The lowest BCUT2D eigenvalue weighted by atomic mass is 10.4. The SMILES string of the molecule is COCC(C)Nc1nnc(C(F)(F)F)s1. The Kier molecular flexibility index (Phi) is 3.86. The van der Waals surface area contributed by atoms with Crippen LogP contribution in [0, 0.1) is 0 Å². The molecule has 0 saturated carbocycles. The van der Waals surface area contributed by atoms with Crippen molar-refractivity contribution in [2.45, 2.75) is 19.1 Å². The van der Waals surface area contributed by atoms with Crippen LogP contribution in [-0.4, -0.2) is 30.0 Å². The third kappa shape index (κ3) is 3.63. The number of ether oxygens (including phenoxy) is 1. The number of nitrogens with zero attached hydrogens (tertiary/aromatic N) is 2. The van der Waals surface area contributed by atoms with Crippen molar-refractivity contribution in [3.05, 3.63) is 5.01 Å². The molecule has 1 unspecified atom stereocenters. The van der Waals surface area contributed by atoms with Crippen molar-refractivity contribution in [3.63, 3.8) is 0 Å². The summed E-state index contributed by atoms with van der Waals surface area (Å²) in [4.78, 5) is 0. The van der Waals surface area contributed by atoms with Crippen LogP contribution in [0.25, 0.3) is 0 Å². The molecule has 1 aromatic heterocycles. The lowest BCUT2D eigenvalue weighted by Gasteiger charge is -2.10. The number of hydrogen-bond donors (Lipinski definition) is 1. The number of alkyl halides is 3. The summed E-state index contributed by atoms with van der Waals surface area (Å²) in [7, 11) is 1.51. The number of aromatic nitrogens is 2. The Balaban J connectivity index is 2.61. The molecule has 0 radical (unpaired) electrons. The van der Waals surface area contributed by atoms with Crippen molar-refractivity contribution in [1.82, 2.24) is 10.2 Å². The first kappa shape index (κ1) is 12.2. The summed E-state index contributed by atoms with van der Waals surface area (Å²) in [6.07, 6.45) is -4.43. The first-order chi connectivity index (χ1) is 6.93. The first-order valence-corrected chi connectivity index (χ1v) is 4.91. The molecule has 0 saturated heterocycles. The van der Waals surface area contributed by atoms with Crippen molar-refractivity contribution in [2.24, 2.45) is 0 Å². The summed E-state index contributed by atoms with van der Waals surface area (Å²) in [5, 5.41) is 8.38. The van der Waals surface area contributed by atoms with Gasteiger partial charge >= 0.3 is 6.18 Å². The Morgan fingerprint density at radius 2 is 2.13 bits per heavy atom. The van der Waals surface area contributed by atoms with Gasteiger partial charge in [0.2, 0.25) is 10.1 Å². The molecule has 0 bridgehead atoms. The molecule has 1 rings (SSSR count). The van der Waals surface area contributed by atoms with Crippen LogP contribution in [0.3, 0.4) is 0 Å². The van der Waals surface area contributed by atoms with Crippen molar-refractivity contribution >= 4 is 16.5 Å². The Morgan fingerprint density at radius 3 is 2.60 bits per heavy atom. The molecule has 0 aliphatic rings. The van der Waals surface area contributed by atoms with Crippen LogP contribution in [-0.2, 0) is 10.9 Å². The van der Waals surface area contributed by atoms with E-state index < -0.39 is 11.2 Å². The zero-order chi connectivity index (χ0) is 11.5. The van der Waals surface area contributed by atoms with Gasteiger partial charge in [0.1, 0.15) is 0 Å². The Morgan fingerprint density at radius 1 is 1.47 bits per heavy atom. The summed E-state index contributed by atoms with van der Waals surface area (Å²) in [6, 6.07) is -0.107. The minimum absolute atomic E-state index is 0.107. The van der Waals surface area contributed by atoms with Gasteiger partial charge in [0.25, 0.3) is 0 Å². The highest BCUT2D eigenvalue weighted by molar-refractivity contribution is 7.15. The van der Waals surface area contributed by atoms with Gasteiger partial charge in [-0.1, -0.05) is 11.3 Å². The normalized spacial score (nSPS) is 13.9. The van der Waals surface area contributed by atoms with E-state index >= 15 is 0 Å². The Labute approximate surface area is 88.5 Å².